The molecule has 2 aliphatic heterocycles. The highest BCUT2D eigenvalue weighted by molar-refractivity contribution is 6.09. The van der Waals surface area contributed by atoms with Crippen LogP contribution in [-0.2, 0) is 15.1 Å². The lowest BCUT2D eigenvalue weighted by molar-refractivity contribution is -0.138. The number of hydrogen-bond acceptors (Lipinski definition) is 3. The fourth-order valence-electron chi connectivity index (χ4n) is 3.12. The molecule has 0 spiro atoms. The summed E-state index contributed by atoms with van der Waals surface area (Å²) < 4.78 is 0. The van der Waals surface area contributed by atoms with Crippen LogP contribution >= 0.6 is 0 Å². The Morgan fingerprint density at radius 1 is 1.17 bits per heavy atom. The number of aryl methyl sites for hydroxylation is 1. The number of carbonyl (C=O) groups is 3. The van der Waals surface area contributed by atoms with Gasteiger partial charge in [0.05, 0.1) is 0 Å². The summed E-state index contributed by atoms with van der Waals surface area (Å²) in [4.78, 5) is 39.9. The first-order chi connectivity index (χ1) is 10.9. The molecular formula is C17H21N3O3. The first-order valence-electron chi connectivity index (χ1n) is 7.91. The summed E-state index contributed by atoms with van der Waals surface area (Å²) in [6.45, 7) is 4.86. The van der Waals surface area contributed by atoms with Gasteiger partial charge in [0.2, 0.25) is 5.91 Å². The Hall–Kier alpha value is -2.37. The van der Waals surface area contributed by atoms with Crippen molar-refractivity contribution in [3.05, 3.63) is 35.4 Å². The second-order valence-electron chi connectivity index (χ2n) is 6.40. The van der Waals surface area contributed by atoms with Crippen molar-refractivity contribution in [2.45, 2.75) is 32.2 Å². The van der Waals surface area contributed by atoms with Crippen molar-refractivity contribution in [2.75, 3.05) is 19.6 Å². The second kappa shape index (κ2) is 5.68. The van der Waals surface area contributed by atoms with E-state index in [0.717, 1.165) is 28.9 Å². The SMILES string of the molecule is Cc1ccc([C@@]2(C)NC(=O)N(CC(=O)N3CCCC3)C2=O)cc1. The third-order valence-electron chi connectivity index (χ3n) is 4.66. The molecule has 0 saturated carbocycles. The Morgan fingerprint density at radius 3 is 2.39 bits per heavy atom. The van der Waals surface area contributed by atoms with Crippen LogP contribution in [0.3, 0.4) is 0 Å². The van der Waals surface area contributed by atoms with Gasteiger partial charge in [-0.3, -0.25) is 14.5 Å². The zero-order chi connectivity index (χ0) is 16.6. The summed E-state index contributed by atoms with van der Waals surface area (Å²) in [5, 5.41) is 2.73. The highest BCUT2D eigenvalue weighted by Gasteiger charge is 2.49. The quantitative estimate of drug-likeness (QED) is 0.857. The average Bonchev–Trinajstić information content (AvgIpc) is 3.12. The predicted molar refractivity (Wildman–Crippen MR) is 84.6 cm³/mol. The molecule has 6 nitrogen and oxygen atoms in total. The molecular weight excluding hydrogens is 294 g/mol. The van der Waals surface area contributed by atoms with Crippen LogP contribution in [0.4, 0.5) is 4.79 Å². The molecule has 2 saturated heterocycles. The molecule has 23 heavy (non-hydrogen) atoms. The maximum atomic E-state index is 12.7. The normalized spacial score (nSPS) is 24.3. The summed E-state index contributed by atoms with van der Waals surface area (Å²) in [7, 11) is 0. The second-order valence-corrected chi connectivity index (χ2v) is 6.40. The number of hydrogen-bond donors (Lipinski definition) is 1. The fraction of sp³-hybridized carbons (Fsp3) is 0.471. The van der Waals surface area contributed by atoms with E-state index in [4.69, 9.17) is 0 Å². The molecule has 0 bridgehead atoms. The fourth-order valence-corrected chi connectivity index (χ4v) is 3.12. The Morgan fingerprint density at radius 2 is 1.78 bits per heavy atom. The van der Waals surface area contributed by atoms with Crippen molar-refractivity contribution in [1.82, 2.24) is 15.1 Å². The molecule has 6 heteroatoms. The van der Waals surface area contributed by atoms with Crippen LogP contribution < -0.4 is 5.32 Å². The topological polar surface area (TPSA) is 69.7 Å². The standard InChI is InChI=1S/C17H21N3O3/c1-12-5-7-13(8-6-12)17(2)15(22)20(16(23)18-17)11-14(21)19-9-3-4-10-19/h5-8H,3-4,9-11H2,1-2H3,(H,18,23)/t17-/m1/s1. The van der Waals surface area contributed by atoms with E-state index in [1.165, 1.54) is 0 Å². The van der Waals surface area contributed by atoms with Crippen LogP contribution in [0.1, 0.15) is 30.9 Å². The molecule has 1 aromatic rings. The summed E-state index contributed by atoms with van der Waals surface area (Å²) in [6, 6.07) is 6.96. The summed E-state index contributed by atoms with van der Waals surface area (Å²) in [5.41, 5.74) is 0.684. The molecule has 4 amide bonds. The van der Waals surface area contributed by atoms with E-state index in [1.807, 2.05) is 31.2 Å². The van der Waals surface area contributed by atoms with Gasteiger partial charge in [0.1, 0.15) is 12.1 Å². The number of imide groups is 1. The molecule has 2 fully saturated rings. The highest BCUT2D eigenvalue weighted by atomic mass is 16.2. The van der Waals surface area contributed by atoms with E-state index >= 15 is 0 Å². The van der Waals surface area contributed by atoms with Crippen molar-refractivity contribution >= 4 is 17.8 Å². The van der Waals surface area contributed by atoms with Gasteiger partial charge in [-0.1, -0.05) is 29.8 Å². The molecule has 1 N–H and O–H groups in total. The largest absolute Gasteiger partial charge is 0.341 e. The minimum absolute atomic E-state index is 0.167. The van der Waals surface area contributed by atoms with Crippen molar-refractivity contribution in [1.29, 1.82) is 0 Å². The lowest BCUT2D eigenvalue weighted by atomic mass is 9.91. The molecule has 0 radical (unpaired) electrons. The lowest BCUT2D eigenvalue weighted by Gasteiger charge is -2.23. The molecule has 2 heterocycles. The molecule has 1 aromatic carbocycles. The van der Waals surface area contributed by atoms with Crippen molar-refractivity contribution < 1.29 is 14.4 Å². The maximum absolute atomic E-state index is 12.7. The van der Waals surface area contributed by atoms with Crippen molar-refractivity contribution in [2.24, 2.45) is 0 Å². The molecule has 122 valence electrons. The monoisotopic (exact) mass is 315 g/mol. The van der Waals surface area contributed by atoms with Crippen molar-refractivity contribution in [3.63, 3.8) is 0 Å². The molecule has 0 aromatic heterocycles. The van der Waals surface area contributed by atoms with Gasteiger partial charge in [-0.15, -0.1) is 0 Å². The van der Waals surface area contributed by atoms with Crippen LogP contribution in [0.5, 0.6) is 0 Å². The number of nitrogens with one attached hydrogen (secondary N) is 1. The van der Waals surface area contributed by atoms with Crippen LogP contribution in [0, 0.1) is 6.92 Å². The molecule has 1 atom stereocenters. The maximum Gasteiger partial charge on any atom is 0.325 e. The average molecular weight is 315 g/mol. The molecule has 3 rings (SSSR count). The van der Waals surface area contributed by atoms with Gasteiger partial charge in [-0.25, -0.2) is 4.79 Å². The van der Waals surface area contributed by atoms with E-state index < -0.39 is 11.6 Å². The number of likely N-dealkylation sites (tertiary alicyclic amines) is 1. The van der Waals surface area contributed by atoms with E-state index in [-0.39, 0.29) is 18.4 Å². The summed E-state index contributed by atoms with van der Waals surface area (Å²) in [5.74, 6) is -0.543. The van der Waals surface area contributed by atoms with Crippen LogP contribution in [0.25, 0.3) is 0 Å². The van der Waals surface area contributed by atoms with Gasteiger partial charge in [-0.05, 0) is 32.3 Å². The Labute approximate surface area is 135 Å². The first kappa shape index (κ1) is 15.5. The Kier molecular flexibility index (Phi) is 3.83. The lowest BCUT2D eigenvalue weighted by Crippen LogP contribution is -2.43. The van der Waals surface area contributed by atoms with Gasteiger partial charge < -0.3 is 10.2 Å². The van der Waals surface area contributed by atoms with E-state index in [9.17, 15) is 14.4 Å². The number of carbonyl (C=O) groups excluding carboxylic acids is 3. The first-order valence-corrected chi connectivity index (χ1v) is 7.91. The minimum atomic E-state index is -1.12. The van der Waals surface area contributed by atoms with Crippen LogP contribution in [-0.4, -0.2) is 47.3 Å². The van der Waals surface area contributed by atoms with Gasteiger partial charge in [0.25, 0.3) is 5.91 Å². The van der Waals surface area contributed by atoms with E-state index in [0.29, 0.717) is 13.1 Å². The third kappa shape index (κ3) is 2.69. The zero-order valence-corrected chi connectivity index (χ0v) is 13.5. The van der Waals surface area contributed by atoms with Gasteiger partial charge in [0, 0.05) is 13.1 Å². The molecule has 0 aliphatic carbocycles. The molecule has 2 aliphatic rings. The summed E-state index contributed by atoms with van der Waals surface area (Å²) in [6.07, 6.45) is 1.96. The van der Waals surface area contributed by atoms with Gasteiger partial charge in [0.15, 0.2) is 0 Å². The Bertz CT molecular complexity index is 650. The number of benzene rings is 1. The third-order valence-corrected chi connectivity index (χ3v) is 4.66. The number of rotatable bonds is 3. The zero-order valence-electron chi connectivity index (χ0n) is 13.5. The van der Waals surface area contributed by atoms with E-state index in [2.05, 4.69) is 5.32 Å². The summed E-state index contributed by atoms with van der Waals surface area (Å²) >= 11 is 0. The van der Waals surface area contributed by atoms with E-state index in [1.54, 1.807) is 11.8 Å². The Balaban J connectivity index is 1.79. The number of amides is 4. The smallest absolute Gasteiger partial charge is 0.325 e. The van der Waals surface area contributed by atoms with Crippen LogP contribution in [0.15, 0.2) is 24.3 Å². The predicted octanol–water partition coefficient (Wildman–Crippen LogP) is 1.38. The number of nitrogens with zero attached hydrogens (tertiary/aromatic N) is 2. The van der Waals surface area contributed by atoms with Gasteiger partial charge in [-0.2, -0.15) is 0 Å². The minimum Gasteiger partial charge on any atom is -0.341 e. The van der Waals surface area contributed by atoms with Gasteiger partial charge >= 0.3 is 6.03 Å². The molecule has 0 unspecified atom stereocenters. The highest BCUT2D eigenvalue weighted by Crippen LogP contribution is 2.29. The number of urea groups is 1. The van der Waals surface area contributed by atoms with Crippen LogP contribution in [0.2, 0.25) is 0 Å². The van der Waals surface area contributed by atoms with Crippen molar-refractivity contribution in [3.8, 4) is 0 Å².